The zero-order valence-corrected chi connectivity index (χ0v) is 14.0. The molecule has 0 spiro atoms. The third-order valence-electron chi connectivity index (χ3n) is 3.85. The van der Waals surface area contributed by atoms with Crippen molar-refractivity contribution < 1.29 is 4.57 Å². The van der Waals surface area contributed by atoms with Gasteiger partial charge in [0, 0.05) is 27.7 Å². The van der Waals surface area contributed by atoms with E-state index in [0.717, 1.165) is 20.8 Å². The van der Waals surface area contributed by atoms with E-state index in [9.17, 15) is 0 Å². The summed E-state index contributed by atoms with van der Waals surface area (Å²) in [6.07, 6.45) is 4.23. The number of hydrogen-bond acceptors (Lipinski definition) is 0. The quantitative estimate of drug-likeness (QED) is 0.395. The van der Waals surface area contributed by atoms with Crippen LogP contribution in [0.5, 0.6) is 0 Å². The molecule has 4 rings (SSSR count). The molecule has 3 aromatic rings. The predicted octanol–water partition coefficient (Wildman–Crippen LogP) is 5.42. The van der Waals surface area contributed by atoms with Gasteiger partial charge in [0.1, 0.15) is 0 Å². The summed E-state index contributed by atoms with van der Waals surface area (Å²) in [5, 5.41) is 0.763. The van der Waals surface area contributed by atoms with Gasteiger partial charge in [0.15, 0.2) is 6.20 Å². The van der Waals surface area contributed by atoms with Crippen molar-refractivity contribution >= 4 is 39.3 Å². The maximum atomic E-state index is 6.32. The Hall–Kier alpha value is -1.90. The molecule has 0 bridgehead atoms. The summed E-state index contributed by atoms with van der Waals surface area (Å²) in [6, 6.07) is 20.5. The van der Waals surface area contributed by atoms with Gasteiger partial charge >= 0.3 is 0 Å². The Kier molecular flexibility index (Phi) is 3.36. The Bertz CT molecular complexity index is 915. The second-order valence-electron chi connectivity index (χ2n) is 5.20. The zero-order valence-electron chi connectivity index (χ0n) is 11.6. The minimum absolute atomic E-state index is 0.763. The maximum Gasteiger partial charge on any atom is 0.219 e. The van der Waals surface area contributed by atoms with Crippen molar-refractivity contribution in [3.8, 4) is 11.3 Å². The van der Waals surface area contributed by atoms with Crippen molar-refractivity contribution in [1.29, 1.82) is 0 Å². The molecule has 22 heavy (non-hydrogen) atoms. The maximum absolute atomic E-state index is 6.32. The van der Waals surface area contributed by atoms with Crippen LogP contribution in [0, 0.1) is 0 Å². The highest BCUT2D eigenvalue weighted by molar-refractivity contribution is 9.10. The van der Waals surface area contributed by atoms with E-state index in [0.29, 0.717) is 0 Å². The number of pyridine rings is 1. The van der Waals surface area contributed by atoms with Gasteiger partial charge in [-0.1, -0.05) is 45.7 Å². The van der Waals surface area contributed by atoms with Crippen LogP contribution in [0.15, 0.2) is 71.3 Å². The average molecular weight is 370 g/mol. The Balaban J connectivity index is 2.00. The molecule has 0 aliphatic carbocycles. The number of rotatable bonds is 1. The molecule has 0 fully saturated rings. The number of halogens is 2. The van der Waals surface area contributed by atoms with Crippen LogP contribution in [0.25, 0.3) is 23.0 Å². The van der Waals surface area contributed by atoms with Crippen LogP contribution in [0.3, 0.4) is 0 Å². The standard InChI is InChI=1S/C19H12BrClN/c20-14-8-9-15-16(12-14)18-7-3-4-10-22(18)19(15)11-13-5-1-2-6-17(13)21/h1-12H/q+1/b19-11-. The largest absolute Gasteiger partial charge is 0.219 e. The number of nitrogens with zero attached hydrogens (tertiary/aromatic N) is 1. The summed E-state index contributed by atoms with van der Waals surface area (Å²) in [4.78, 5) is 0. The molecule has 3 heteroatoms. The topological polar surface area (TPSA) is 3.88 Å². The summed E-state index contributed by atoms with van der Waals surface area (Å²) in [5.74, 6) is 0. The Morgan fingerprint density at radius 3 is 2.59 bits per heavy atom. The molecule has 0 atom stereocenters. The molecular weight excluding hydrogens is 358 g/mol. The molecule has 0 saturated carbocycles. The number of aromatic nitrogens is 1. The molecule has 106 valence electrons. The van der Waals surface area contributed by atoms with Crippen LogP contribution in [0.1, 0.15) is 11.1 Å². The van der Waals surface area contributed by atoms with Crippen LogP contribution < -0.4 is 4.57 Å². The van der Waals surface area contributed by atoms with Gasteiger partial charge in [0.2, 0.25) is 11.4 Å². The second kappa shape index (κ2) is 5.38. The highest BCUT2D eigenvalue weighted by atomic mass is 79.9. The molecule has 0 amide bonds. The first-order valence-electron chi connectivity index (χ1n) is 7.01. The van der Waals surface area contributed by atoms with E-state index in [-0.39, 0.29) is 0 Å². The molecule has 2 heterocycles. The highest BCUT2D eigenvalue weighted by Crippen LogP contribution is 2.36. The normalized spacial score (nSPS) is 14.0. The fraction of sp³-hybridized carbons (Fsp3) is 0. The van der Waals surface area contributed by atoms with E-state index in [1.54, 1.807) is 0 Å². The van der Waals surface area contributed by atoms with Crippen molar-refractivity contribution in [3.63, 3.8) is 0 Å². The van der Waals surface area contributed by atoms with Crippen LogP contribution in [0.4, 0.5) is 0 Å². The summed E-state index contributed by atoms with van der Waals surface area (Å²) in [5.41, 5.74) is 5.81. The van der Waals surface area contributed by atoms with Crippen LogP contribution >= 0.6 is 27.5 Å². The molecule has 0 radical (unpaired) electrons. The molecule has 1 aliphatic heterocycles. The molecule has 0 unspecified atom stereocenters. The molecule has 1 aromatic heterocycles. The monoisotopic (exact) mass is 368 g/mol. The van der Waals surface area contributed by atoms with E-state index in [2.05, 4.69) is 63.1 Å². The fourth-order valence-electron chi connectivity index (χ4n) is 2.84. The summed E-state index contributed by atoms with van der Waals surface area (Å²) in [7, 11) is 0. The van der Waals surface area contributed by atoms with Crippen LogP contribution in [-0.4, -0.2) is 0 Å². The van der Waals surface area contributed by atoms with Gasteiger partial charge in [-0.3, -0.25) is 0 Å². The molecule has 0 saturated heterocycles. The molecular formula is C19H12BrClN+. The minimum Gasteiger partial charge on any atom is -0.159 e. The number of benzene rings is 2. The Labute approximate surface area is 142 Å². The van der Waals surface area contributed by atoms with E-state index < -0.39 is 0 Å². The molecule has 1 aliphatic rings. The van der Waals surface area contributed by atoms with Crippen molar-refractivity contribution in [2.24, 2.45) is 0 Å². The highest BCUT2D eigenvalue weighted by Gasteiger charge is 2.31. The summed E-state index contributed by atoms with van der Waals surface area (Å²) in [6.45, 7) is 0. The van der Waals surface area contributed by atoms with E-state index in [1.165, 1.54) is 16.8 Å². The third kappa shape index (κ3) is 2.20. The number of fused-ring (bicyclic) bond motifs is 3. The van der Waals surface area contributed by atoms with Crippen molar-refractivity contribution in [2.45, 2.75) is 0 Å². The third-order valence-corrected chi connectivity index (χ3v) is 4.69. The smallest absolute Gasteiger partial charge is 0.159 e. The van der Waals surface area contributed by atoms with E-state index in [1.807, 2.05) is 30.3 Å². The molecule has 1 nitrogen and oxygen atoms in total. The predicted molar refractivity (Wildman–Crippen MR) is 94.5 cm³/mol. The first-order chi connectivity index (χ1) is 10.7. The van der Waals surface area contributed by atoms with E-state index in [4.69, 9.17) is 11.6 Å². The summed E-state index contributed by atoms with van der Waals surface area (Å²) < 4.78 is 3.29. The van der Waals surface area contributed by atoms with Gasteiger partial charge in [0.05, 0.1) is 11.1 Å². The van der Waals surface area contributed by atoms with Crippen molar-refractivity contribution in [1.82, 2.24) is 0 Å². The lowest BCUT2D eigenvalue weighted by atomic mass is 10.0. The SMILES string of the molecule is Clc1ccccc1/C=C1/c2ccc(Br)cc2-c2cccc[n+]21. The first-order valence-corrected chi connectivity index (χ1v) is 8.19. The van der Waals surface area contributed by atoms with Gasteiger partial charge in [-0.2, -0.15) is 4.57 Å². The van der Waals surface area contributed by atoms with Gasteiger partial charge < -0.3 is 0 Å². The van der Waals surface area contributed by atoms with Gasteiger partial charge in [-0.25, -0.2) is 0 Å². The minimum atomic E-state index is 0.763. The lowest BCUT2D eigenvalue weighted by molar-refractivity contribution is -0.562. The fourth-order valence-corrected chi connectivity index (χ4v) is 3.39. The zero-order chi connectivity index (χ0) is 15.1. The summed E-state index contributed by atoms with van der Waals surface area (Å²) >= 11 is 9.89. The Morgan fingerprint density at radius 2 is 1.73 bits per heavy atom. The van der Waals surface area contributed by atoms with Crippen molar-refractivity contribution in [2.75, 3.05) is 0 Å². The molecule has 2 aromatic carbocycles. The average Bonchev–Trinajstić information content (AvgIpc) is 2.83. The molecule has 0 N–H and O–H groups in total. The second-order valence-corrected chi connectivity index (χ2v) is 6.52. The van der Waals surface area contributed by atoms with E-state index >= 15 is 0 Å². The lowest BCUT2D eigenvalue weighted by Crippen LogP contribution is -2.30. The first kappa shape index (κ1) is 13.7. The van der Waals surface area contributed by atoms with Crippen molar-refractivity contribution in [3.05, 3.63) is 87.5 Å². The Morgan fingerprint density at radius 1 is 0.909 bits per heavy atom. The number of hydrogen-bond donors (Lipinski definition) is 0. The van der Waals surface area contributed by atoms with Crippen LogP contribution in [-0.2, 0) is 0 Å². The van der Waals surface area contributed by atoms with Gasteiger partial charge in [-0.05, 0) is 35.9 Å². The van der Waals surface area contributed by atoms with Gasteiger partial charge in [-0.15, -0.1) is 0 Å². The van der Waals surface area contributed by atoms with Gasteiger partial charge in [0.25, 0.3) is 0 Å². The lowest BCUT2D eigenvalue weighted by Gasteiger charge is -1.99. The van der Waals surface area contributed by atoms with Crippen LogP contribution in [0.2, 0.25) is 5.02 Å².